The topological polar surface area (TPSA) is 78.9 Å². The van der Waals surface area contributed by atoms with Crippen molar-refractivity contribution in [2.45, 2.75) is 6.42 Å². The number of amidine groups is 1. The van der Waals surface area contributed by atoms with Gasteiger partial charge in [-0.1, -0.05) is 22.8 Å². The lowest BCUT2D eigenvalue weighted by Gasteiger charge is -2.17. The first-order valence-corrected chi connectivity index (χ1v) is 6.30. The fourth-order valence-corrected chi connectivity index (χ4v) is 1.88. The number of nitrogens with two attached hydrogens (primary N) is 1. The van der Waals surface area contributed by atoms with Crippen molar-refractivity contribution in [3.8, 4) is 0 Å². The highest BCUT2D eigenvalue weighted by Gasteiger charge is 2.16. The third kappa shape index (κ3) is 3.61. The number of carbonyl (C=O) groups excluding carboxylic acids is 1. The third-order valence-corrected chi connectivity index (χ3v) is 3.66. The molecule has 0 unspecified atom stereocenters. The molecule has 0 aliphatic carbocycles. The molecule has 0 aliphatic heterocycles. The van der Waals surface area contributed by atoms with Crippen LogP contribution in [-0.2, 0) is 0 Å². The first-order valence-electron chi connectivity index (χ1n) is 5.13. The van der Waals surface area contributed by atoms with E-state index < -0.39 is 0 Å². The van der Waals surface area contributed by atoms with E-state index in [0.717, 1.165) is 0 Å². The average Bonchev–Trinajstić information content (AvgIpc) is 2.37. The van der Waals surface area contributed by atoms with E-state index in [2.05, 4.69) is 21.1 Å². The zero-order chi connectivity index (χ0) is 13.7. The fraction of sp³-hybridized carbons (Fsp3) is 0.273. The molecule has 5 nitrogen and oxygen atoms in total. The molecule has 3 N–H and O–H groups in total. The SMILES string of the molecule is CN(CC/C(N)=N/O)C(=O)c1cccc(Br)c1Cl. The van der Waals surface area contributed by atoms with E-state index in [0.29, 0.717) is 28.0 Å². The van der Waals surface area contributed by atoms with Gasteiger partial charge in [0.15, 0.2) is 0 Å². The molecule has 0 atom stereocenters. The Bertz CT molecular complexity index is 479. The van der Waals surface area contributed by atoms with E-state index in [1.165, 1.54) is 4.90 Å². The van der Waals surface area contributed by atoms with Crippen molar-refractivity contribution >= 4 is 39.3 Å². The second-order valence-electron chi connectivity index (χ2n) is 3.67. The largest absolute Gasteiger partial charge is 0.409 e. The first kappa shape index (κ1) is 14.8. The molecule has 7 heteroatoms. The van der Waals surface area contributed by atoms with Crippen LogP contribution in [0.15, 0.2) is 27.8 Å². The van der Waals surface area contributed by atoms with E-state index >= 15 is 0 Å². The molecule has 1 aromatic rings. The van der Waals surface area contributed by atoms with Crippen LogP contribution in [0.3, 0.4) is 0 Å². The molecule has 18 heavy (non-hydrogen) atoms. The van der Waals surface area contributed by atoms with Crippen molar-refractivity contribution in [1.82, 2.24) is 4.90 Å². The van der Waals surface area contributed by atoms with Gasteiger partial charge in [0.1, 0.15) is 5.84 Å². The van der Waals surface area contributed by atoms with Gasteiger partial charge in [-0.15, -0.1) is 0 Å². The van der Waals surface area contributed by atoms with Crippen molar-refractivity contribution in [3.63, 3.8) is 0 Å². The Morgan fingerprint density at radius 3 is 2.89 bits per heavy atom. The van der Waals surface area contributed by atoms with Gasteiger partial charge < -0.3 is 15.8 Å². The highest BCUT2D eigenvalue weighted by molar-refractivity contribution is 9.10. The van der Waals surface area contributed by atoms with Crippen molar-refractivity contribution in [3.05, 3.63) is 33.3 Å². The van der Waals surface area contributed by atoms with Gasteiger partial charge in [0.05, 0.1) is 10.6 Å². The molecule has 0 aromatic heterocycles. The normalized spacial score (nSPS) is 11.4. The molecule has 0 radical (unpaired) electrons. The lowest BCUT2D eigenvalue weighted by molar-refractivity contribution is 0.0798. The summed E-state index contributed by atoms with van der Waals surface area (Å²) in [4.78, 5) is 13.6. The maximum Gasteiger partial charge on any atom is 0.255 e. The molecule has 0 spiro atoms. The van der Waals surface area contributed by atoms with Gasteiger partial charge in [-0.3, -0.25) is 4.79 Å². The van der Waals surface area contributed by atoms with Crippen molar-refractivity contribution in [2.24, 2.45) is 10.9 Å². The van der Waals surface area contributed by atoms with Gasteiger partial charge in [-0.05, 0) is 28.1 Å². The summed E-state index contributed by atoms with van der Waals surface area (Å²) in [5.74, 6) is -0.137. The molecule has 0 fully saturated rings. The van der Waals surface area contributed by atoms with Crippen LogP contribution in [0.5, 0.6) is 0 Å². The molecule has 98 valence electrons. The summed E-state index contributed by atoms with van der Waals surface area (Å²) in [6.07, 6.45) is 0.296. The van der Waals surface area contributed by atoms with E-state index in [1.807, 2.05) is 0 Å². The zero-order valence-corrected chi connectivity index (χ0v) is 12.1. The Labute approximate surface area is 118 Å². The second-order valence-corrected chi connectivity index (χ2v) is 4.90. The monoisotopic (exact) mass is 333 g/mol. The average molecular weight is 335 g/mol. The maximum atomic E-state index is 12.1. The lowest BCUT2D eigenvalue weighted by Crippen LogP contribution is -2.30. The Kier molecular flexibility index (Phi) is 5.43. The van der Waals surface area contributed by atoms with Gasteiger partial charge in [0.25, 0.3) is 5.91 Å². The zero-order valence-electron chi connectivity index (χ0n) is 9.73. The summed E-state index contributed by atoms with van der Waals surface area (Å²) in [6.45, 7) is 0.345. The molecule has 0 saturated carbocycles. The van der Waals surface area contributed by atoms with Crippen LogP contribution in [0.25, 0.3) is 0 Å². The van der Waals surface area contributed by atoms with Gasteiger partial charge in [0, 0.05) is 24.5 Å². The number of amides is 1. The highest BCUT2D eigenvalue weighted by atomic mass is 79.9. The Morgan fingerprint density at radius 1 is 1.61 bits per heavy atom. The first-order chi connectivity index (χ1) is 8.47. The number of benzene rings is 1. The van der Waals surface area contributed by atoms with Crippen LogP contribution in [0.1, 0.15) is 16.8 Å². The van der Waals surface area contributed by atoms with Gasteiger partial charge >= 0.3 is 0 Å². The molecule has 0 bridgehead atoms. The van der Waals surface area contributed by atoms with Crippen LogP contribution in [0, 0.1) is 0 Å². The predicted molar refractivity (Wildman–Crippen MR) is 74.1 cm³/mol. The van der Waals surface area contributed by atoms with Crippen molar-refractivity contribution < 1.29 is 10.0 Å². The Balaban J connectivity index is 2.78. The van der Waals surface area contributed by atoms with Crippen LogP contribution >= 0.6 is 27.5 Å². The molecule has 0 aliphatic rings. The van der Waals surface area contributed by atoms with E-state index in [9.17, 15) is 4.79 Å². The van der Waals surface area contributed by atoms with E-state index in [1.54, 1.807) is 25.2 Å². The molecule has 1 aromatic carbocycles. The number of hydrogen-bond acceptors (Lipinski definition) is 3. The van der Waals surface area contributed by atoms with Crippen LogP contribution < -0.4 is 5.73 Å². The number of hydrogen-bond donors (Lipinski definition) is 2. The standard InChI is InChI=1S/C11H13BrClN3O2/c1-16(6-5-9(14)15-18)11(17)7-3-2-4-8(12)10(7)13/h2-4,18H,5-6H2,1H3,(H2,14,15). The molecule has 1 amide bonds. The fourth-order valence-electron chi connectivity index (χ4n) is 1.31. The minimum absolute atomic E-state index is 0.0787. The number of halogens is 2. The lowest BCUT2D eigenvalue weighted by atomic mass is 10.2. The highest BCUT2D eigenvalue weighted by Crippen LogP contribution is 2.26. The number of oxime groups is 1. The van der Waals surface area contributed by atoms with Gasteiger partial charge in [0.2, 0.25) is 0 Å². The van der Waals surface area contributed by atoms with E-state index in [-0.39, 0.29) is 11.7 Å². The number of carbonyl (C=O) groups is 1. The smallest absolute Gasteiger partial charge is 0.255 e. The van der Waals surface area contributed by atoms with Gasteiger partial charge in [-0.2, -0.15) is 0 Å². The Hall–Kier alpha value is -1.27. The molecular formula is C11H13BrClN3O2. The van der Waals surface area contributed by atoms with Crippen molar-refractivity contribution in [1.29, 1.82) is 0 Å². The summed E-state index contributed by atoms with van der Waals surface area (Å²) in [5.41, 5.74) is 5.75. The summed E-state index contributed by atoms with van der Waals surface area (Å²) in [5, 5.41) is 11.6. The molecule has 1 rings (SSSR count). The summed E-state index contributed by atoms with van der Waals surface area (Å²) in [7, 11) is 1.63. The third-order valence-electron chi connectivity index (χ3n) is 2.36. The number of nitrogens with zero attached hydrogens (tertiary/aromatic N) is 2. The maximum absolute atomic E-state index is 12.1. The Morgan fingerprint density at radius 2 is 2.28 bits per heavy atom. The second kappa shape index (κ2) is 6.61. The van der Waals surface area contributed by atoms with Crippen LogP contribution in [-0.4, -0.2) is 35.4 Å². The molecular weight excluding hydrogens is 321 g/mol. The summed E-state index contributed by atoms with van der Waals surface area (Å²) < 4.78 is 0.667. The summed E-state index contributed by atoms with van der Waals surface area (Å²) >= 11 is 9.30. The minimum Gasteiger partial charge on any atom is -0.409 e. The summed E-state index contributed by atoms with van der Waals surface area (Å²) in [6, 6.07) is 5.14. The van der Waals surface area contributed by atoms with Crippen LogP contribution in [0.4, 0.5) is 0 Å². The predicted octanol–water partition coefficient (Wildman–Crippen LogP) is 2.31. The van der Waals surface area contributed by atoms with Crippen molar-refractivity contribution in [2.75, 3.05) is 13.6 Å². The molecule has 0 saturated heterocycles. The van der Waals surface area contributed by atoms with Gasteiger partial charge in [-0.25, -0.2) is 0 Å². The van der Waals surface area contributed by atoms with E-state index in [4.69, 9.17) is 22.5 Å². The molecule has 0 heterocycles. The van der Waals surface area contributed by atoms with Crippen LogP contribution in [0.2, 0.25) is 5.02 Å². The quantitative estimate of drug-likeness (QED) is 0.384. The number of rotatable bonds is 4. The minimum atomic E-state index is -0.216.